The van der Waals surface area contributed by atoms with Crippen LogP contribution in [0.25, 0.3) is 0 Å². The molecule has 1 heterocycles. The van der Waals surface area contributed by atoms with Gasteiger partial charge in [0.2, 0.25) is 0 Å². The molecule has 0 aromatic rings. The second kappa shape index (κ2) is 5.86. The van der Waals surface area contributed by atoms with E-state index in [2.05, 4.69) is 38.0 Å². The Morgan fingerprint density at radius 1 is 1.47 bits per heavy atom. The summed E-state index contributed by atoms with van der Waals surface area (Å²) in [5.41, 5.74) is 0.466. The monoisotopic (exact) mass is 212 g/mol. The van der Waals surface area contributed by atoms with Crippen LogP contribution in [0.5, 0.6) is 0 Å². The lowest BCUT2D eigenvalue weighted by Crippen LogP contribution is -2.40. The molecule has 0 amide bonds. The van der Waals surface area contributed by atoms with E-state index in [4.69, 9.17) is 0 Å². The van der Waals surface area contributed by atoms with Gasteiger partial charge in [0.05, 0.1) is 0 Å². The minimum atomic E-state index is 0.466. The van der Waals surface area contributed by atoms with Crippen LogP contribution < -0.4 is 5.32 Å². The first-order valence-corrected chi connectivity index (χ1v) is 6.46. The van der Waals surface area contributed by atoms with Crippen molar-refractivity contribution in [3.05, 3.63) is 0 Å². The molecular formula is C13H28N2. The maximum atomic E-state index is 3.35. The van der Waals surface area contributed by atoms with Crippen LogP contribution in [-0.2, 0) is 0 Å². The maximum absolute atomic E-state index is 3.35. The number of nitrogens with one attached hydrogen (secondary N) is 1. The average molecular weight is 212 g/mol. The molecule has 1 aliphatic rings. The van der Waals surface area contributed by atoms with Gasteiger partial charge in [-0.3, -0.25) is 0 Å². The van der Waals surface area contributed by atoms with Gasteiger partial charge in [0.25, 0.3) is 0 Å². The third-order valence-electron chi connectivity index (χ3n) is 3.57. The van der Waals surface area contributed by atoms with E-state index < -0.39 is 0 Å². The van der Waals surface area contributed by atoms with E-state index in [1.54, 1.807) is 0 Å². The smallest absolute Gasteiger partial charge is 0.00476 e. The van der Waals surface area contributed by atoms with Crippen LogP contribution in [0.3, 0.4) is 0 Å². The van der Waals surface area contributed by atoms with Crippen molar-refractivity contribution < 1.29 is 0 Å². The van der Waals surface area contributed by atoms with Gasteiger partial charge in [0.15, 0.2) is 0 Å². The van der Waals surface area contributed by atoms with E-state index in [9.17, 15) is 0 Å². The van der Waals surface area contributed by atoms with Crippen molar-refractivity contribution >= 4 is 0 Å². The summed E-state index contributed by atoms with van der Waals surface area (Å²) in [7, 11) is 2.07. The van der Waals surface area contributed by atoms with E-state index in [0.717, 1.165) is 12.5 Å². The van der Waals surface area contributed by atoms with E-state index in [0.29, 0.717) is 5.41 Å². The first-order valence-electron chi connectivity index (χ1n) is 6.46. The lowest BCUT2D eigenvalue weighted by atomic mass is 9.85. The van der Waals surface area contributed by atoms with Crippen molar-refractivity contribution in [3.8, 4) is 0 Å². The molecule has 2 atom stereocenters. The minimum absolute atomic E-state index is 0.466. The zero-order valence-electron chi connectivity index (χ0n) is 11.0. The minimum Gasteiger partial charge on any atom is -0.319 e. The molecule has 1 rings (SSSR count). The van der Waals surface area contributed by atoms with Crippen molar-refractivity contribution in [1.82, 2.24) is 10.2 Å². The highest BCUT2D eigenvalue weighted by Gasteiger charge is 2.28. The number of rotatable bonds is 6. The molecule has 0 radical (unpaired) electrons. The van der Waals surface area contributed by atoms with Gasteiger partial charge in [0, 0.05) is 19.6 Å². The summed E-state index contributed by atoms with van der Waals surface area (Å²) in [5.74, 6) is 0.908. The second-order valence-electron chi connectivity index (χ2n) is 5.72. The first kappa shape index (κ1) is 13.0. The average Bonchev–Trinajstić information content (AvgIpc) is 2.51. The van der Waals surface area contributed by atoms with Gasteiger partial charge in [-0.15, -0.1) is 0 Å². The molecule has 1 fully saturated rings. The highest BCUT2D eigenvalue weighted by atomic mass is 15.2. The molecule has 2 unspecified atom stereocenters. The van der Waals surface area contributed by atoms with Crippen LogP contribution >= 0.6 is 0 Å². The molecule has 0 aromatic heterocycles. The van der Waals surface area contributed by atoms with Crippen LogP contribution in [0.1, 0.15) is 40.0 Å². The summed E-state index contributed by atoms with van der Waals surface area (Å²) in [6.45, 7) is 12.1. The van der Waals surface area contributed by atoms with Gasteiger partial charge in [0.1, 0.15) is 0 Å². The fraction of sp³-hybridized carbons (Fsp3) is 1.00. The third kappa shape index (κ3) is 4.12. The van der Waals surface area contributed by atoms with Crippen molar-refractivity contribution in [2.45, 2.75) is 40.0 Å². The first-order chi connectivity index (χ1) is 7.09. The molecule has 0 aliphatic carbocycles. The highest BCUT2D eigenvalue weighted by molar-refractivity contribution is 4.83. The van der Waals surface area contributed by atoms with Crippen LogP contribution in [0, 0.1) is 11.3 Å². The van der Waals surface area contributed by atoms with E-state index >= 15 is 0 Å². The predicted molar refractivity (Wildman–Crippen MR) is 67.2 cm³/mol. The number of likely N-dealkylation sites (tertiary alicyclic amines) is 1. The normalized spacial score (nSPS) is 26.8. The highest BCUT2D eigenvalue weighted by Crippen LogP contribution is 2.26. The maximum Gasteiger partial charge on any atom is 0.00476 e. The van der Waals surface area contributed by atoms with Crippen LogP contribution in [0.4, 0.5) is 0 Å². The Balaban J connectivity index is 2.43. The number of hydrogen-bond donors (Lipinski definition) is 1. The summed E-state index contributed by atoms with van der Waals surface area (Å²) in [6, 6.07) is 0. The van der Waals surface area contributed by atoms with E-state index in [-0.39, 0.29) is 0 Å². The SMILES string of the molecule is CCCC(C)(CNC)CN1CCC(C)C1. The van der Waals surface area contributed by atoms with Crippen LogP contribution in [-0.4, -0.2) is 38.1 Å². The fourth-order valence-electron chi connectivity index (χ4n) is 2.96. The van der Waals surface area contributed by atoms with Crippen LogP contribution in [0.2, 0.25) is 0 Å². The third-order valence-corrected chi connectivity index (χ3v) is 3.57. The van der Waals surface area contributed by atoms with E-state index in [1.165, 1.54) is 38.9 Å². The number of nitrogens with zero attached hydrogens (tertiary/aromatic N) is 1. The molecule has 90 valence electrons. The van der Waals surface area contributed by atoms with E-state index in [1.807, 2.05) is 0 Å². The molecule has 1 N–H and O–H groups in total. The standard InChI is InChI=1S/C13H28N2/c1-5-7-13(3,10-14-4)11-15-8-6-12(2)9-15/h12,14H,5-11H2,1-4H3. The number of hydrogen-bond acceptors (Lipinski definition) is 2. The molecule has 0 spiro atoms. The molecule has 15 heavy (non-hydrogen) atoms. The molecule has 1 saturated heterocycles. The zero-order chi connectivity index (χ0) is 11.3. The Labute approximate surface area is 95.4 Å². The van der Waals surface area contributed by atoms with Gasteiger partial charge in [-0.25, -0.2) is 0 Å². The van der Waals surface area contributed by atoms with Gasteiger partial charge in [-0.1, -0.05) is 27.2 Å². The summed E-state index contributed by atoms with van der Waals surface area (Å²) in [5, 5.41) is 3.35. The molecule has 2 heteroatoms. The Morgan fingerprint density at radius 3 is 2.67 bits per heavy atom. The quantitative estimate of drug-likeness (QED) is 0.727. The predicted octanol–water partition coefficient (Wildman–Crippen LogP) is 2.35. The Hall–Kier alpha value is -0.0800. The molecule has 0 bridgehead atoms. The van der Waals surface area contributed by atoms with Crippen molar-refractivity contribution in [1.29, 1.82) is 0 Å². The molecule has 0 aromatic carbocycles. The Kier molecular flexibility index (Phi) is 5.07. The topological polar surface area (TPSA) is 15.3 Å². The van der Waals surface area contributed by atoms with Crippen LogP contribution in [0.15, 0.2) is 0 Å². The van der Waals surface area contributed by atoms with Crippen molar-refractivity contribution in [2.24, 2.45) is 11.3 Å². The van der Waals surface area contributed by atoms with Gasteiger partial charge in [-0.05, 0) is 37.8 Å². The van der Waals surface area contributed by atoms with Gasteiger partial charge < -0.3 is 10.2 Å². The Bertz CT molecular complexity index is 173. The summed E-state index contributed by atoms with van der Waals surface area (Å²) < 4.78 is 0. The molecule has 2 nitrogen and oxygen atoms in total. The lowest BCUT2D eigenvalue weighted by Gasteiger charge is -2.33. The van der Waals surface area contributed by atoms with Crippen molar-refractivity contribution in [2.75, 3.05) is 33.2 Å². The Morgan fingerprint density at radius 2 is 2.20 bits per heavy atom. The lowest BCUT2D eigenvalue weighted by molar-refractivity contribution is 0.172. The summed E-state index contributed by atoms with van der Waals surface area (Å²) in [6.07, 6.45) is 4.02. The zero-order valence-corrected chi connectivity index (χ0v) is 11.0. The largest absolute Gasteiger partial charge is 0.319 e. The molecular weight excluding hydrogens is 184 g/mol. The fourth-order valence-corrected chi connectivity index (χ4v) is 2.96. The summed E-state index contributed by atoms with van der Waals surface area (Å²) in [4.78, 5) is 2.65. The summed E-state index contributed by atoms with van der Waals surface area (Å²) >= 11 is 0. The van der Waals surface area contributed by atoms with Crippen molar-refractivity contribution in [3.63, 3.8) is 0 Å². The van der Waals surface area contributed by atoms with Gasteiger partial charge in [-0.2, -0.15) is 0 Å². The second-order valence-corrected chi connectivity index (χ2v) is 5.72. The molecule has 1 aliphatic heterocycles. The molecule has 0 saturated carbocycles. The van der Waals surface area contributed by atoms with Gasteiger partial charge >= 0.3 is 0 Å².